The highest BCUT2D eigenvalue weighted by Crippen LogP contribution is 2.18. The van der Waals surface area contributed by atoms with Crippen molar-refractivity contribution in [3.05, 3.63) is 107 Å². The zero-order valence-electron chi connectivity index (χ0n) is 18.6. The topological polar surface area (TPSA) is 89.9 Å². The van der Waals surface area contributed by atoms with Gasteiger partial charge in [0.2, 0.25) is 0 Å². The Hall–Kier alpha value is -3.99. The van der Waals surface area contributed by atoms with Crippen LogP contribution >= 0.6 is 0 Å². The Labute approximate surface area is 189 Å². The number of rotatable bonds is 6. The maximum absolute atomic E-state index is 5.73. The van der Waals surface area contributed by atoms with Crippen molar-refractivity contribution < 1.29 is 4.74 Å². The minimum Gasteiger partial charge on any atom is -0.497 e. The molecule has 5 N–H and O–H groups in total. The van der Waals surface area contributed by atoms with E-state index in [0.717, 1.165) is 35.4 Å². The van der Waals surface area contributed by atoms with Crippen LogP contribution in [0.15, 0.2) is 79.0 Å². The number of nitrogens with one attached hydrogen (secondary N) is 1. The number of aromatic nitrogens is 2. The van der Waals surface area contributed by atoms with Crippen LogP contribution in [0.4, 0.5) is 11.4 Å². The lowest BCUT2D eigenvalue weighted by Crippen LogP contribution is -1.93. The van der Waals surface area contributed by atoms with Gasteiger partial charge in [0.25, 0.3) is 0 Å². The second kappa shape index (κ2) is 11.4. The predicted molar refractivity (Wildman–Crippen MR) is 134 cm³/mol. The molecule has 0 aliphatic heterocycles. The van der Waals surface area contributed by atoms with E-state index in [1.54, 1.807) is 7.11 Å². The van der Waals surface area contributed by atoms with Gasteiger partial charge in [-0.1, -0.05) is 67.6 Å². The molecule has 5 nitrogen and oxygen atoms in total. The molecular weight excluding hydrogens is 396 g/mol. The second-order valence-electron chi connectivity index (χ2n) is 7.37. The second-order valence-corrected chi connectivity index (χ2v) is 7.37. The van der Waals surface area contributed by atoms with E-state index in [1.165, 1.54) is 11.1 Å². The van der Waals surface area contributed by atoms with Gasteiger partial charge in [0.1, 0.15) is 5.75 Å². The van der Waals surface area contributed by atoms with E-state index in [0.29, 0.717) is 11.4 Å². The summed E-state index contributed by atoms with van der Waals surface area (Å²) >= 11 is 0. The van der Waals surface area contributed by atoms with Crippen molar-refractivity contribution in [1.82, 2.24) is 10.2 Å². The number of nitrogens with zero attached hydrogens (tertiary/aromatic N) is 1. The summed E-state index contributed by atoms with van der Waals surface area (Å²) in [4.78, 5) is 0. The van der Waals surface area contributed by atoms with Gasteiger partial charge in [-0.25, -0.2) is 0 Å². The number of hydrogen-bond acceptors (Lipinski definition) is 4. The number of methoxy groups -OCH3 is 1. The highest BCUT2D eigenvalue weighted by Gasteiger charge is 2.05. The number of hydrogen-bond donors (Lipinski definition) is 3. The van der Waals surface area contributed by atoms with E-state index >= 15 is 0 Å². The number of anilines is 2. The van der Waals surface area contributed by atoms with Gasteiger partial charge in [0.15, 0.2) is 0 Å². The number of H-pyrrole nitrogens is 1. The van der Waals surface area contributed by atoms with Crippen molar-refractivity contribution in [2.75, 3.05) is 18.6 Å². The first-order valence-corrected chi connectivity index (χ1v) is 10.6. The highest BCUT2D eigenvalue weighted by atomic mass is 16.5. The predicted octanol–water partition coefficient (Wildman–Crippen LogP) is 5.59. The molecular formula is C27H30N4O. The summed E-state index contributed by atoms with van der Waals surface area (Å²) in [7, 11) is 1.68. The normalized spacial score (nSPS) is 10.6. The van der Waals surface area contributed by atoms with Crippen LogP contribution in [-0.2, 0) is 12.8 Å². The number of nitrogens with two attached hydrogens (primary N) is 2. The quantitative estimate of drug-likeness (QED) is 0.277. The van der Waals surface area contributed by atoms with Gasteiger partial charge in [-0.3, -0.25) is 5.10 Å². The highest BCUT2D eigenvalue weighted by molar-refractivity contribution is 5.74. The molecule has 1 heterocycles. The van der Waals surface area contributed by atoms with E-state index in [9.17, 15) is 0 Å². The minimum atomic E-state index is 0.621. The third kappa shape index (κ3) is 6.51. The molecule has 4 rings (SSSR count). The third-order valence-corrected chi connectivity index (χ3v) is 5.10. The molecule has 0 fully saturated rings. The summed E-state index contributed by atoms with van der Waals surface area (Å²) in [6, 6.07) is 23.9. The van der Waals surface area contributed by atoms with Crippen molar-refractivity contribution in [2.45, 2.75) is 19.8 Å². The minimum absolute atomic E-state index is 0.621. The Bertz CT molecular complexity index is 1130. The number of aryl methyl sites for hydroxylation is 1. The number of ether oxygens (including phenoxy) is 1. The SMILES string of the molecule is CCc1c[nH]nc1Cc1ccc(OC)cc1.Nc1ccc(C=Cc2ccccc2)cc1N. The Kier molecular flexibility index (Phi) is 8.09. The lowest BCUT2D eigenvalue weighted by atomic mass is 10.1. The van der Waals surface area contributed by atoms with Crippen LogP contribution in [0.5, 0.6) is 5.75 Å². The number of aromatic amines is 1. The molecule has 0 aliphatic carbocycles. The molecule has 0 radical (unpaired) electrons. The first-order chi connectivity index (χ1) is 15.6. The number of nitrogen functional groups attached to an aromatic ring is 2. The molecule has 3 aromatic carbocycles. The monoisotopic (exact) mass is 426 g/mol. The molecule has 5 heteroatoms. The van der Waals surface area contributed by atoms with Gasteiger partial charge < -0.3 is 16.2 Å². The fraction of sp³-hybridized carbons (Fsp3) is 0.148. The molecule has 0 saturated carbocycles. The summed E-state index contributed by atoms with van der Waals surface area (Å²) in [6.07, 6.45) is 7.92. The van der Waals surface area contributed by atoms with Crippen LogP contribution < -0.4 is 16.2 Å². The first-order valence-electron chi connectivity index (χ1n) is 10.6. The van der Waals surface area contributed by atoms with Crippen molar-refractivity contribution in [1.29, 1.82) is 0 Å². The van der Waals surface area contributed by atoms with E-state index in [2.05, 4.69) is 41.4 Å². The van der Waals surface area contributed by atoms with Crippen LogP contribution in [0, 0.1) is 0 Å². The number of benzene rings is 3. The van der Waals surface area contributed by atoms with Gasteiger partial charge in [-0.05, 0) is 52.9 Å². The van der Waals surface area contributed by atoms with E-state index < -0.39 is 0 Å². The van der Waals surface area contributed by atoms with Crippen LogP contribution in [0.2, 0.25) is 0 Å². The van der Waals surface area contributed by atoms with Crippen LogP contribution in [-0.4, -0.2) is 17.3 Å². The van der Waals surface area contributed by atoms with Gasteiger partial charge in [-0.2, -0.15) is 5.10 Å². The molecule has 32 heavy (non-hydrogen) atoms. The molecule has 0 bridgehead atoms. The maximum Gasteiger partial charge on any atom is 0.118 e. The van der Waals surface area contributed by atoms with Crippen LogP contribution in [0.25, 0.3) is 12.2 Å². The van der Waals surface area contributed by atoms with E-state index in [-0.39, 0.29) is 0 Å². The van der Waals surface area contributed by atoms with Crippen molar-refractivity contribution in [3.63, 3.8) is 0 Å². The lowest BCUT2D eigenvalue weighted by Gasteiger charge is -2.03. The van der Waals surface area contributed by atoms with Gasteiger partial charge in [-0.15, -0.1) is 0 Å². The molecule has 0 amide bonds. The van der Waals surface area contributed by atoms with Crippen molar-refractivity contribution >= 4 is 23.5 Å². The Morgan fingerprint density at radius 1 is 0.875 bits per heavy atom. The van der Waals surface area contributed by atoms with Crippen molar-refractivity contribution in [3.8, 4) is 5.75 Å². The molecule has 1 aromatic heterocycles. The van der Waals surface area contributed by atoms with Gasteiger partial charge in [0, 0.05) is 12.6 Å². The molecule has 0 unspecified atom stereocenters. The lowest BCUT2D eigenvalue weighted by molar-refractivity contribution is 0.414. The zero-order valence-corrected chi connectivity index (χ0v) is 18.6. The van der Waals surface area contributed by atoms with Crippen LogP contribution in [0.3, 0.4) is 0 Å². The van der Waals surface area contributed by atoms with Gasteiger partial charge in [0.05, 0.1) is 24.2 Å². The van der Waals surface area contributed by atoms with Crippen molar-refractivity contribution in [2.24, 2.45) is 0 Å². The molecule has 0 atom stereocenters. The fourth-order valence-corrected chi connectivity index (χ4v) is 3.19. The maximum atomic E-state index is 5.73. The average molecular weight is 427 g/mol. The largest absolute Gasteiger partial charge is 0.497 e. The van der Waals surface area contributed by atoms with E-state index in [4.69, 9.17) is 16.2 Å². The summed E-state index contributed by atoms with van der Waals surface area (Å²) in [5.74, 6) is 0.890. The molecule has 0 aliphatic rings. The summed E-state index contributed by atoms with van der Waals surface area (Å²) in [5, 5.41) is 7.19. The average Bonchev–Trinajstić information content (AvgIpc) is 3.28. The Balaban J connectivity index is 0.000000181. The Morgan fingerprint density at radius 3 is 2.25 bits per heavy atom. The Morgan fingerprint density at radius 2 is 1.59 bits per heavy atom. The molecule has 0 spiro atoms. The van der Waals surface area contributed by atoms with Crippen LogP contribution in [0.1, 0.15) is 34.9 Å². The summed E-state index contributed by atoms with van der Waals surface area (Å²) in [5.41, 5.74) is 18.5. The van der Waals surface area contributed by atoms with E-state index in [1.807, 2.05) is 66.9 Å². The zero-order chi connectivity index (χ0) is 22.8. The smallest absolute Gasteiger partial charge is 0.118 e. The summed E-state index contributed by atoms with van der Waals surface area (Å²) < 4.78 is 5.13. The van der Waals surface area contributed by atoms with Gasteiger partial charge >= 0.3 is 0 Å². The first kappa shape index (κ1) is 22.7. The molecule has 164 valence electrons. The summed E-state index contributed by atoms with van der Waals surface area (Å²) in [6.45, 7) is 2.14. The standard InChI is InChI=1S/C14H14N2.C13H16N2O/c15-13-9-8-12(10-14(13)16)7-6-11-4-2-1-3-5-11;1-3-11-9-14-15-13(11)8-10-4-6-12(16-2)7-5-10/h1-10H,15-16H2;4-7,9H,3,8H2,1-2H3,(H,14,15). The third-order valence-electron chi connectivity index (χ3n) is 5.10. The fourth-order valence-electron chi connectivity index (χ4n) is 3.19. The molecule has 4 aromatic rings. The molecule has 0 saturated heterocycles.